The third-order valence-electron chi connectivity index (χ3n) is 3.95. The van der Waals surface area contributed by atoms with Crippen LogP contribution in [0.4, 0.5) is 5.69 Å². The summed E-state index contributed by atoms with van der Waals surface area (Å²) >= 11 is 0. The number of aromatic nitrogens is 1. The van der Waals surface area contributed by atoms with Crippen LogP contribution in [0.3, 0.4) is 0 Å². The van der Waals surface area contributed by atoms with E-state index in [-0.39, 0.29) is 12.3 Å². The van der Waals surface area contributed by atoms with Crippen LogP contribution in [-0.2, 0) is 16.1 Å². The van der Waals surface area contributed by atoms with Gasteiger partial charge in [-0.15, -0.1) is 0 Å². The zero-order valence-corrected chi connectivity index (χ0v) is 13.8. The van der Waals surface area contributed by atoms with Crippen LogP contribution < -0.4 is 15.7 Å². The number of hydrogen-bond acceptors (Lipinski definition) is 4. The molecule has 126 valence electrons. The number of aliphatic carboxylic acids is 1. The van der Waals surface area contributed by atoms with Crippen LogP contribution in [0.25, 0.3) is 0 Å². The highest BCUT2D eigenvalue weighted by atomic mass is 16.4. The standard InChI is InChI=1S/C18H21N3O3/c1-12-5-3-7-15(13(12)2)21-17(22)9-16(18(23)24)20-11-14-6-4-8-19-10-14/h3-8,10,16,20H,9,11H2,1-2H3,(H,21,22)(H,23,24). The molecule has 0 aliphatic carbocycles. The molecule has 0 aliphatic heterocycles. The number of hydrogen-bond donors (Lipinski definition) is 2. The number of anilines is 1. The monoisotopic (exact) mass is 327 g/mol. The van der Waals surface area contributed by atoms with Gasteiger partial charge in [0.05, 0.1) is 12.4 Å². The number of amides is 1. The minimum Gasteiger partial charge on any atom is -0.544 e. The Hall–Kier alpha value is -2.73. The molecule has 24 heavy (non-hydrogen) atoms. The fraction of sp³-hybridized carbons (Fsp3) is 0.278. The van der Waals surface area contributed by atoms with Crippen LogP contribution in [-0.4, -0.2) is 22.9 Å². The van der Waals surface area contributed by atoms with Gasteiger partial charge in [-0.25, -0.2) is 0 Å². The molecule has 0 bridgehead atoms. The smallest absolute Gasteiger partial charge is 0.230 e. The Balaban J connectivity index is 1.95. The topological polar surface area (TPSA) is 98.7 Å². The molecule has 1 aromatic carbocycles. The molecular weight excluding hydrogens is 306 g/mol. The summed E-state index contributed by atoms with van der Waals surface area (Å²) in [7, 11) is 0. The molecule has 0 radical (unpaired) electrons. The van der Waals surface area contributed by atoms with Crippen LogP contribution in [0.5, 0.6) is 0 Å². The lowest BCUT2D eigenvalue weighted by Crippen LogP contribution is -2.92. The molecule has 0 saturated heterocycles. The number of carbonyl (C=O) groups excluding carboxylic acids is 2. The summed E-state index contributed by atoms with van der Waals surface area (Å²) in [6.45, 7) is 4.29. The Kier molecular flexibility index (Phi) is 6.03. The molecule has 0 spiro atoms. The molecule has 0 fully saturated rings. The summed E-state index contributed by atoms with van der Waals surface area (Å²) in [4.78, 5) is 27.4. The summed E-state index contributed by atoms with van der Waals surface area (Å²) in [6, 6.07) is 8.29. The average molecular weight is 327 g/mol. The van der Waals surface area contributed by atoms with Gasteiger partial charge in [0, 0.05) is 23.6 Å². The molecule has 1 amide bonds. The maximum Gasteiger partial charge on any atom is 0.230 e. The molecule has 2 rings (SSSR count). The summed E-state index contributed by atoms with van der Waals surface area (Å²) in [5.74, 6) is -1.60. The second-order valence-corrected chi connectivity index (χ2v) is 5.73. The van der Waals surface area contributed by atoms with Crippen LogP contribution in [0, 0.1) is 13.8 Å². The van der Waals surface area contributed by atoms with E-state index in [9.17, 15) is 14.7 Å². The van der Waals surface area contributed by atoms with Crippen LogP contribution in [0.2, 0.25) is 0 Å². The van der Waals surface area contributed by atoms with Crippen molar-refractivity contribution in [1.82, 2.24) is 4.98 Å². The van der Waals surface area contributed by atoms with Crippen LogP contribution in [0.15, 0.2) is 42.7 Å². The predicted molar refractivity (Wildman–Crippen MR) is 87.8 cm³/mol. The van der Waals surface area contributed by atoms with Crippen molar-refractivity contribution < 1.29 is 20.0 Å². The average Bonchev–Trinajstić information content (AvgIpc) is 2.56. The Morgan fingerprint density at radius 3 is 2.71 bits per heavy atom. The van der Waals surface area contributed by atoms with Gasteiger partial charge in [-0.1, -0.05) is 18.2 Å². The summed E-state index contributed by atoms with van der Waals surface area (Å²) in [5.41, 5.74) is 3.62. The van der Waals surface area contributed by atoms with Crippen molar-refractivity contribution in [3.05, 3.63) is 59.4 Å². The number of aryl methyl sites for hydroxylation is 1. The molecule has 1 heterocycles. The van der Waals surface area contributed by atoms with Crippen molar-refractivity contribution in [2.24, 2.45) is 0 Å². The first kappa shape index (κ1) is 17.6. The van der Waals surface area contributed by atoms with E-state index in [2.05, 4.69) is 10.3 Å². The minimum atomic E-state index is -1.25. The summed E-state index contributed by atoms with van der Waals surface area (Å²) in [5, 5.41) is 15.6. The molecule has 1 atom stereocenters. The maximum absolute atomic E-state index is 12.2. The van der Waals surface area contributed by atoms with Gasteiger partial charge in [0.2, 0.25) is 5.91 Å². The van der Waals surface area contributed by atoms with E-state index in [1.54, 1.807) is 29.8 Å². The number of benzene rings is 1. The molecule has 0 saturated carbocycles. The first-order chi connectivity index (χ1) is 11.5. The Morgan fingerprint density at radius 2 is 2.04 bits per heavy atom. The van der Waals surface area contributed by atoms with Gasteiger partial charge in [-0.05, 0) is 37.1 Å². The number of carboxylic acids is 1. The third-order valence-corrected chi connectivity index (χ3v) is 3.95. The van der Waals surface area contributed by atoms with E-state index in [0.29, 0.717) is 12.2 Å². The molecular formula is C18H21N3O3. The van der Waals surface area contributed by atoms with Crippen molar-refractivity contribution in [2.75, 3.05) is 5.32 Å². The van der Waals surface area contributed by atoms with Gasteiger partial charge in [-0.2, -0.15) is 0 Å². The molecule has 6 heteroatoms. The lowest BCUT2D eigenvalue weighted by Gasteiger charge is -2.17. The second kappa shape index (κ2) is 8.21. The van der Waals surface area contributed by atoms with Crippen molar-refractivity contribution in [3.8, 4) is 0 Å². The van der Waals surface area contributed by atoms with Crippen LogP contribution in [0.1, 0.15) is 23.1 Å². The first-order valence-electron chi connectivity index (χ1n) is 7.76. The minimum absolute atomic E-state index is 0.157. The highest BCUT2D eigenvalue weighted by Crippen LogP contribution is 2.18. The van der Waals surface area contributed by atoms with Crippen molar-refractivity contribution in [1.29, 1.82) is 0 Å². The van der Waals surface area contributed by atoms with Crippen LogP contribution >= 0.6 is 0 Å². The van der Waals surface area contributed by atoms with Gasteiger partial charge in [0.25, 0.3) is 0 Å². The van der Waals surface area contributed by atoms with E-state index >= 15 is 0 Å². The fourth-order valence-electron chi connectivity index (χ4n) is 2.35. The van der Waals surface area contributed by atoms with E-state index in [4.69, 9.17) is 0 Å². The highest BCUT2D eigenvalue weighted by molar-refractivity contribution is 5.94. The van der Waals surface area contributed by atoms with E-state index in [1.807, 2.05) is 32.0 Å². The number of pyridine rings is 1. The summed E-state index contributed by atoms with van der Waals surface area (Å²) in [6.07, 6.45) is 3.16. The largest absolute Gasteiger partial charge is 0.544 e. The van der Waals surface area contributed by atoms with Crippen molar-refractivity contribution in [3.63, 3.8) is 0 Å². The number of carboxylic acid groups (broad SMARTS) is 1. The molecule has 0 aliphatic rings. The molecule has 2 aromatic rings. The number of nitrogens with zero attached hydrogens (tertiary/aromatic N) is 1. The normalized spacial score (nSPS) is 11.8. The lowest BCUT2D eigenvalue weighted by molar-refractivity contribution is -0.697. The van der Waals surface area contributed by atoms with E-state index < -0.39 is 12.0 Å². The predicted octanol–water partition coefficient (Wildman–Crippen LogP) is -0.0909. The quantitative estimate of drug-likeness (QED) is 0.742. The summed E-state index contributed by atoms with van der Waals surface area (Å²) < 4.78 is 0. The SMILES string of the molecule is Cc1cccc(NC(=O)CC([NH2+]Cc2cccnc2)C(=O)[O-])c1C. The lowest BCUT2D eigenvalue weighted by atomic mass is 10.1. The number of nitrogens with one attached hydrogen (secondary N) is 1. The Morgan fingerprint density at radius 1 is 1.25 bits per heavy atom. The third kappa shape index (κ3) is 4.89. The highest BCUT2D eigenvalue weighted by Gasteiger charge is 2.19. The molecule has 3 N–H and O–H groups in total. The molecule has 6 nitrogen and oxygen atoms in total. The Labute approximate surface area is 140 Å². The number of quaternary nitrogens is 1. The number of carbonyl (C=O) groups is 2. The fourth-order valence-corrected chi connectivity index (χ4v) is 2.35. The van der Waals surface area contributed by atoms with Gasteiger partial charge >= 0.3 is 0 Å². The van der Waals surface area contributed by atoms with E-state index in [0.717, 1.165) is 16.7 Å². The molecule has 1 unspecified atom stereocenters. The van der Waals surface area contributed by atoms with Gasteiger partial charge < -0.3 is 20.5 Å². The van der Waals surface area contributed by atoms with Gasteiger partial charge in [0.15, 0.2) is 0 Å². The molecule has 1 aromatic heterocycles. The van der Waals surface area contributed by atoms with Crippen molar-refractivity contribution in [2.45, 2.75) is 32.9 Å². The van der Waals surface area contributed by atoms with Gasteiger partial charge in [0.1, 0.15) is 12.6 Å². The first-order valence-corrected chi connectivity index (χ1v) is 7.76. The maximum atomic E-state index is 12.2. The zero-order chi connectivity index (χ0) is 17.5. The van der Waals surface area contributed by atoms with Gasteiger partial charge in [-0.3, -0.25) is 9.78 Å². The van der Waals surface area contributed by atoms with E-state index in [1.165, 1.54) is 0 Å². The second-order valence-electron chi connectivity index (χ2n) is 5.73. The Bertz CT molecular complexity index is 717. The van der Waals surface area contributed by atoms with Crippen molar-refractivity contribution >= 4 is 17.6 Å². The number of nitrogens with two attached hydrogens (primary N) is 1. The number of rotatable bonds is 7. The zero-order valence-electron chi connectivity index (χ0n) is 13.8.